The van der Waals surface area contributed by atoms with E-state index >= 15 is 0 Å². The fourth-order valence-corrected chi connectivity index (χ4v) is 2.94. The smallest absolute Gasteiger partial charge is 0.254 e. The molecule has 0 aliphatic rings. The molecule has 0 radical (unpaired) electrons. The zero-order valence-corrected chi connectivity index (χ0v) is 12.9. The molecule has 0 spiro atoms. The Balaban J connectivity index is 1.84. The van der Waals surface area contributed by atoms with Crippen LogP contribution in [-0.4, -0.2) is 15.8 Å². The van der Waals surface area contributed by atoms with Crippen LogP contribution in [-0.2, 0) is 13.1 Å². The molecule has 0 atom stereocenters. The lowest BCUT2D eigenvalue weighted by molar-refractivity contribution is 0.0730. The van der Waals surface area contributed by atoms with E-state index in [4.69, 9.17) is 0 Å². The zero-order valence-electron chi connectivity index (χ0n) is 12.1. The molecule has 22 heavy (non-hydrogen) atoms. The average Bonchev–Trinajstić information content (AvgIpc) is 3.08. The Labute approximate surface area is 133 Å². The molecule has 0 N–H and O–H groups in total. The quantitative estimate of drug-likeness (QED) is 0.714. The Morgan fingerprint density at radius 1 is 0.955 bits per heavy atom. The van der Waals surface area contributed by atoms with Gasteiger partial charge in [-0.1, -0.05) is 30.3 Å². The normalized spacial score (nSPS) is 10.4. The maximum Gasteiger partial charge on any atom is 0.254 e. The lowest BCUT2D eigenvalue weighted by Crippen LogP contribution is -2.30. The van der Waals surface area contributed by atoms with Gasteiger partial charge in [0.2, 0.25) is 0 Å². The Bertz CT molecular complexity index is 711. The van der Waals surface area contributed by atoms with Crippen molar-refractivity contribution in [2.75, 3.05) is 0 Å². The summed E-state index contributed by atoms with van der Waals surface area (Å²) < 4.78 is 0. The summed E-state index contributed by atoms with van der Waals surface area (Å²) in [6.07, 6.45) is 3.30. The van der Waals surface area contributed by atoms with E-state index in [2.05, 4.69) is 16.4 Å². The third-order valence-electron chi connectivity index (χ3n) is 3.38. The van der Waals surface area contributed by atoms with Crippen molar-refractivity contribution in [3.8, 4) is 0 Å². The molecule has 1 amide bonds. The lowest BCUT2D eigenvalue weighted by atomic mass is 10.1. The van der Waals surface area contributed by atoms with Gasteiger partial charge in [-0.15, -0.1) is 0 Å². The first-order valence-electron chi connectivity index (χ1n) is 7.07. The van der Waals surface area contributed by atoms with E-state index in [0.717, 1.165) is 11.1 Å². The van der Waals surface area contributed by atoms with E-state index in [-0.39, 0.29) is 5.91 Å². The van der Waals surface area contributed by atoms with Gasteiger partial charge in [0.1, 0.15) is 0 Å². The molecule has 0 aliphatic heterocycles. The van der Waals surface area contributed by atoms with E-state index in [1.54, 1.807) is 35.9 Å². The van der Waals surface area contributed by atoms with Crippen LogP contribution in [0.15, 0.2) is 71.7 Å². The molecule has 4 heteroatoms. The van der Waals surface area contributed by atoms with Gasteiger partial charge in [0.05, 0.1) is 0 Å². The molecule has 0 unspecified atom stereocenters. The van der Waals surface area contributed by atoms with E-state index in [1.807, 2.05) is 40.6 Å². The van der Waals surface area contributed by atoms with Gasteiger partial charge in [0, 0.05) is 31.0 Å². The molecule has 0 aliphatic carbocycles. The van der Waals surface area contributed by atoms with Crippen LogP contribution in [0.25, 0.3) is 0 Å². The molecule has 2 aromatic heterocycles. The highest BCUT2D eigenvalue weighted by Gasteiger charge is 2.16. The van der Waals surface area contributed by atoms with Crippen molar-refractivity contribution in [1.82, 2.24) is 9.88 Å². The van der Waals surface area contributed by atoms with Gasteiger partial charge in [0.15, 0.2) is 0 Å². The summed E-state index contributed by atoms with van der Waals surface area (Å²) in [5.41, 5.74) is 2.95. The summed E-state index contributed by atoms with van der Waals surface area (Å²) in [7, 11) is 0. The molecule has 0 fully saturated rings. The van der Waals surface area contributed by atoms with Crippen LogP contribution < -0.4 is 0 Å². The molecule has 110 valence electrons. The summed E-state index contributed by atoms with van der Waals surface area (Å²) in [4.78, 5) is 18.6. The Hall–Kier alpha value is -2.46. The SMILES string of the molecule is O=C(c1ccncc1)N(Cc1ccccc1)Cc1ccsc1. The van der Waals surface area contributed by atoms with Crippen molar-refractivity contribution in [3.05, 3.63) is 88.4 Å². The average molecular weight is 308 g/mol. The number of carbonyl (C=O) groups excluding carboxylic acids is 1. The van der Waals surface area contributed by atoms with Crippen molar-refractivity contribution >= 4 is 17.2 Å². The molecule has 0 bridgehead atoms. The summed E-state index contributed by atoms with van der Waals surface area (Å²) in [5.74, 6) is 0.0254. The molecule has 3 rings (SSSR count). The molecule has 3 aromatic rings. The first kappa shape index (κ1) is 14.5. The highest BCUT2D eigenvalue weighted by Crippen LogP contribution is 2.15. The minimum Gasteiger partial charge on any atom is -0.330 e. The zero-order chi connectivity index (χ0) is 15.2. The summed E-state index contributed by atoms with van der Waals surface area (Å²) in [6, 6.07) is 15.6. The second kappa shape index (κ2) is 7.00. The Morgan fingerprint density at radius 3 is 2.36 bits per heavy atom. The molecule has 1 aromatic carbocycles. The van der Waals surface area contributed by atoms with Crippen LogP contribution in [0.2, 0.25) is 0 Å². The van der Waals surface area contributed by atoms with Gasteiger partial charge in [0.25, 0.3) is 5.91 Å². The van der Waals surface area contributed by atoms with Crippen molar-refractivity contribution in [3.63, 3.8) is 0 Å². The number of pyridine rings is 1. The highest BCUT2D eigenvalue weighted by atomic mass is 32.1. The van der Waals surface area contributed by atoms with Gasteiger partial charge in [-0.2, -0.15) is 11.3 Å². The van der Waals surface area contributed by atoms with E-state index in [0.29, 0.717) is 18.7 Å². The Kier molecular flexibility index (Phi) is 4.61. The van der Waals surface area contributed by atoms with Crippen molar-refractivity contribution in [2.24, 2.45) is 0 Å². The summed E-state index contributed by atoms with van der Waals surface area (Å²) in [5, 5.41) is 4.12. The molecule has 3 nitrogen and oxygen atoms in total. The van der Waals surface area contributed by atoms with Crippen LogP contribution >= 0.6 is 11.3 Å². The van der Waals surface area contributed by atoms with Crippen LogP contribution in [0.1, 0.15) is 21.5 Å². The third kappa shape index (κ3) is 3.59. The van der Waals surface area contributed by atoms with Crippen LogP contribution in [0.3, 0.4) is 0 Å². The van der Waals surface area contributed by atoms with Gasteiger partial charge < -0.3 is 4.90 Å². The van der Waals surface area contributed by atoms with Gasteiger partial charge in [-0.3, -0.25) is 9.78 Å². The summed E-state index contributed by atoms with van der Waals surface area (Å²) in [6.45, 7) is 1.21. The second-order valence-electron chi connectivity index (χ2n) is 5.01. The second-order valence-corrected chi connectivity index (χ2v) is 5.79. The molecular formula is C18H16N2OS. The van der Waals surface area contributed by atoms with Gasteiger partial charge >= 0.3 is 0 Å². The monoisotopic (exact) mass is 308 g/mol. The molecule has 0 saturated carbocycles. The number of carbonyl (C=O) groups is 1. The van der Waals surface area contributed by atoms with Crippen LogP contribution in [0.5, 0.6) is 0 Å². The topological polar surface area (TPSA) is 33.2 Å². The fourth-order valence-electron chi connectivity index (χ4n) is 2.28. The minimum absolute atomic E-state index is 0.0254. The molecular weight excluding hydrogens is 292 g/mol. The van der Waals surface area contributed by atoms with E-state index in [9.17, 15) is 4.79 Å². The van der Waals surface area contributed by atoms with Crippen molar-refractivity contribution < 1.29 is 4.79 Å². The number of hydrogen-bond donors (Lipinski definition) is 0. The standard InChI is InChI=1S/C18H16N2OS/c21-18(17-6-9-19-10-7-17)20(13-16-8-11-22-14-16)12-15-4-2-1-3-5-15/h1-11,14H,12-13H2. The molecule has 0 saturated heterocycles. The van der Waals surface area contributed by atoms with Crippen LogP contribution in [0.4, 0.5) is 0 Å². The van der Waals surface area contributed by atoms with E-state index < -0.39 is 0 Å². The number of thiophene rings is 1. The Morgan fingerprint density at radius 2 is 1.68 bits per heavy atom. The maximum absolute atomic E-state index is 12.8. The number of aromatic nitrogens is 1. The predicted octanol–water partition coefficient (Wildman–Crippen LogP) is 3.99. The lowest BCUT2D eigenvalue weighted by Gasteiger charge is -2.22. The largest absolute Gasteiger partial charge is 0.330 e. The number of benzene rings is 1. The van der Waals surface area contributed by atoms with Crippen LogP contribution in [0, 0.1) is 0 Å². The number of rotatable bonds is 5. The third-order valence-corrected chi connectivity index (χ3v) is 4.12. The van der Waals surface area contributed by atoms with Gasteiger partial charge in [-0.05, 0) is 40.1 Å². The number of hydrogen-bond acceptors (Lipinski definition) is 3. The van der Waals surface area contributed by atoms with Gasteiger partial charge in [-0.25, -0.2) is 0 Å². The van der Waals surface area contributed by atoms with E-state index in [1.165, 1.54) is 0 Å². The highest BCUT2D eigenvalue weighted by molar-refractivity contribution is 7.07. The maximum atomic E-state index is 12.8. The predicted molar refractivity (Wildman–Crippen MR) is 88.6 cm³/mol. The molecule has 2 heterocycles. The number of amides is 1. The number of nitrogens with zero attached hydrogens (tertiary/aromatic N) is 2. The fraction of sp³-hybridized carbons (Fsp3) is 0.111. The van der Waals surface area contributed by atoms with Crippen molar-refractivity contribution in [1.29, 1.82) is 0 Å². The van der Waals surface area contributed by atoms with Crippen molar-refractivity contribution in [2.45, 2.75) is 13.1 Å². The minimum atomic E-state index is 0.0254. The first-order chi connectivity index (χ1) is 10.8. The first-order valence-corrected chi connectivity index (χ1v) is 8.01. The summed E-state index contributed by atoms with van der Waals surface area (Å²) >= 11 is 1.65.